The maximum absolute atomic E-state index is 15.2. The van der Waals surface area contributed by atoms with Crippen LogP contribution in [0.1, 0.15) is 44.4 Å². The van der Waals surface area contributed by atoms with E-state index >= 15 is 4.39 Å². The Morgan fingerprint density at radius 1 is 1.12 bits per heavy atom. The number of hydrogen-bond acceptors (Lipinski definition) is 11. The van der Waals surface area contributed by atoms with E-state index in [1.807, 2.05) is 0 Å². The molecule has 1 fully saturated rings. The Morgan fingerprint density at radius 3 is 2.48 bits per heavy atom. The van der Waals surface area contributed by atoms with E-state index in [1.54, 1.807) is 32.9 Å². The third-order valence-electron chi connectivity index (χ3n) is 5.80. The number of aliphatic hydroxyl groups excluding tert-OH is 1. The summed E-state index contributed by atoms with van der Waals surface area (Å²) in [5.41, 5.74) is 6.67. The lowest BCUT2D eigenvalue weighted by molar-refractivity contribution is -0.144. The Labute approximate surface area is 241 Å². The minimum absolute atomic E-state index is 0.0502. The number of nitrogens with one attached hydrogen (secondary N) is 1. The molecule has 42 heavy (non-hydrogen) atoms. The fourth-order valence-corrected chi connectivity index (χ4v) is 3.96. The van der Waals surface area contributed by atoms with Crippen LogP contribution in [0.15, 0.2) is 41.4 Å². The number of aliphatic hydroxyl groups is 1. The van der Waals surface area contributed by atoms with Crippen LogP contribution in [0.25, 0.3) is 0 Å². The van der Waals surface area contributed by atoms with E-state index in [4.69, 9.17) is 39.3 Å². The molecule has 1 aliphatic heterocycles. The van der Waals surface area contributed by atoms with E-state index in [1.165, 1.54) is 18.2 Å². The van der Waals surface area contributed by atoms with Crippen molar-refractivity contribution in [3.8, 4) is 11.5 Å². The van der Waals surface area contributed by atoms with Crippen LogP contribution in [0.2, 0.25) is 0 Å². The maximum atomic E-state index is 15.2. The Bertz CT molecular complexity index is 1270. The second-order valence-electron chi connectivity index (χ2n) is 8.96. The summed E-state index contributed by atoms with van der Waals surface area (Å²) in [6, 6.07) is 7.34. The predicted molar refractivity (Wildman–Crippen MR) is 147 cm³/mol. The van der Waals surface area contributed by atoms with Crippen molar-refractivity contribution in [2.24, 2.45) is 10.7 Å². The summed E-state index contributed by atoms with van der Waals surface area (Å²) in [5.74, 6) is -1.37. The van der Waals surface area contributed by atoms with Crippen molar-refractivity contribution in [2.45, 2.75) is 45.4 Å². The first-order valence-electron chi connectivity index (χ1n) is 13.3. The van der Waals surface area contributed by atoms with E-state index in [0.717, 1.165) is 6.07 Å². The van der Waals surface area contributed by atoms with Crippen molar-refractivity contribution in [3.63, 3.8) is 0 Å². The van der Waals surface area contributed by atoms with Gasteiger partial charge in [0.15, 0.2) is 17.5 Å². The van der Waals surface area contributed by atoms with E-state index in [0.29, 0.717) is 17.7 Å². The van der Waals surface area contributed by atoms with Crippen molar-refractivity contribution >= 4 is 29.7 Å². The van der Waals surface area contributed by atoms with Crippen LogP contribution in [0.3, 0.4) is 0 Å². The predicted octanol–water partition coefficient (Wildman–Crippen LogP) is 3.47. The highest BCUT2D eigenvalue weighted by molar-refractivity contribution is 6.03. The molecule has 4 N–H and O–H groups in total. The number of aliphatic imine (C=N–C) groups is 1. The summed E-state index contributed by atoms with van der Waals surface area (Å²) < 4.78 is 46.1. The number of carbonyl (C=O) groups excluding carboxylic acids is 3. The van der Waals surface area contributed by atoms with Gasteiger partial charge in [-0.05, 0) is 51.1 Å². The molecule has 0 spiro atoms. The molecule has 3 atom stereocenters. The number of ether oxygens (including phenoxy) is 6. The summed E-state index contributed by atoms with van der Waals surface area (Å²) in [6.45, 7) is 4.81. The lowest BCUT2D eigenvalue weighted by atomic mass is 10.0. The van der Waals surface area contributed by atoms with Crippen LogP contribution in [-0.2, 0) is 23.7 Å². The van der Waals surface area contributed by atoms with Gasteiger partial charge in [0, 0.05) is 29.3 Å². The molecule has 3 unspecified atom stereocenters. The number of nitrogens with zero attached hydrogens (tertiary/aromatic N) is 1. The number of nitrogens with two attached hydrogens (primary N) is 1. The lowest BCUT2D eigenvalue weighted by Crippen LogP contribution is -2.36. The third-order valence-corrected chi connectivity index (χ3v) is 5.80. The van der Waals surface area contributed by atoms with Gasteiger partial charge in [0.05, 0.1) is 19.8 Å². The largest absolute Gasteiger partial charge is 0.508 e. The number of benzene rings is 2. The van der Waals surface area contributed by atoms with Crippen LogP contribution < -0.4 is 20.5 Å². The minimum Gasteiger partial charge on any atom is -0.490 e. The second kappa shape index (κ2) is 15.4. The average molecular weight is 592 g/mol. The van der Waals surface area contributed by atoms with Crippen LogP contribution in [-0.4, -0.2) is 74.4 Å². The van der Waals surface area contributed by atoms with Gasteiger partial charge in [-0.15, -0.1) is 0 Å². The van der Waals surface area contributed by atoms with Gasteiger partial charge in [0.1, 0.15) is 37.1 Å². The molecule has 1 aliphatic rings. The molecule has 228 valence electrons. The topological polar surface area (TPSA) is 177 Å². The van der Waals surface area contributed by atoms with Gasteiger partial charge >= 0.3 is 18.2 Å². The zero-order valence-electron chi connectivity index (χ0n) is 23.5. The molecule has 1 heterocycles. The van der Waals surface area contributed by atoms with E-state index in [-0.39, 0.29) is 62.0 Å². The van der Waals surface area contributed by atoms with Crippen molar-refractivity contribution in [3.05, 3.63) is 53.3 Å². The smallest absolute Gasteiger partial charge is 0.490 e. The standard InChI is InChI=1S/C28H34FN3O10/c1-4-37-22-13-20(21(29)14-23(22)39-11-10-33)24(26(34)38-5-2)31-18-8-6-17(7-9-18)25(30)32-27(35)40-15-19-12-16(3)41-28(36)42-19/h6-9,13-14,16,19,24,31,33H,4-5,10-12,15H2,1-3H3,(H2,30,32,35). The zero-order valence-corrected chi connectivity index (χ0v) is 23.5. The summed E-state index contributed by atoms with van der Waals surface area (Å²) in [5, 5.41) is 12.0. The molecule has 3 rings (SSSR count). The van der Waals surface area contributed by atoms with E-state index < -0.39 is 36.2 Å². The first kappa shape index (κ1) is 31.9. The number of anilines is 1. The Kier molecular flexibility index (Phi) is 11.7. The van der Waals surface area contributed by atoms with Crippen molar-refractivity contribution in [1.29, 1.82) is 0 Å². The van der Waals surface area contributed by atoms with Crippen molar-refractivity contribution < 1.29 is 52.3 Å². The molecule has 1 saturated heterocycles. The molecule has 0 bridgehead atoms. The molecule has 0 aliphatic carbocycles. The van der Waals surface area contributed by atoms with Crippen LogP contribution >= 0.6 is 0 Å². The number of amides is 1. The van der Waals surface area contributed by atoms with Gasteiger partial charge in [-0.25, -0.2) is 18.8 Å². The number of hydrogen-bond donors (Lipinski definition) is 3. The quantitative estimate of drug-likeness (QED) is 0.134. The van der Waals surface area contributed by atoms with Crippen LogP contribution in [0, 0.1) is 5.82 Å². The number of carbonyl (C=O) groups is 3. The second-order valence-corrected chi connectivity index (χ2v) is 8.96. The summed E-state index contributed by atoms with van der Waals surface area (Å²) in [6.07, 6.45) is -2.47. The van der Waals surface area contributed by atoms with Gasteiger partial charge in [-0.2, -0.15) is 4.99 Å². The Balaban J connectivity index is 1.74. The van der Waals surface area contributed by atoms with Crippen LogP contribution in [0.5, 0.6) is 11.5 Å². The van der Waals surface area contributed by atoms with Gasteiger partial charge in [-0.1, -0.05) is 0 Å². The number of amidine groups is 1. The van der Waals surface area contributed by atoms with Crippen molar-refractivity contribution in [1.82, 2.24) is 0 Å². The zero-order chi connectivity index (χ0) is 30.6. The normalized spacial score (nSPS) is 17.4. The molecular formula is C28H34FN3O10. The fourth-order valence-electron chi connectivity index (χ4n) is 3.96. The highest BCUT2D eigenvalue weighted by Crippen LogP contribution is 2.35. The van der Waals surface area contributed by atoms with Gasteiger partial charge in [-0.3, -0.25) is 0 Å². The maximum Gasteiger partial charge on any atom is 0.508 e. The van der Waals surface area contributed by atoms with E-state index in [2.05, 4.69) is 10.3 Å². The number of cyclic esters (lactones) is 2. The molecule has 2 aromatic rings. The number of halogens is 1. The molecule has 2 aromatic carbocycles. The van der Waals surface area contributed by atoms with Crippen LogP contribution in [0.4, 0.5) is 19.7 Å². The SMILES string of the molecule is CCOC(=O)C(Nc1ccc(C(N)=NC(=O)OCC2CC(C)OC(=O)O2)cc1)c1cc(OCC)c(OCCO)cc1F. The van der Waals surface area contributed by atoms with Gasteiger partial charge in [0.2, 0.25) is 0 Å². The number of rotatable bonds is 13. The first-order chi connectivity index (χ1) is 20.1. The Morgan fingerprint density at radius 2 is 1.83 bits per heavy atom. The summed E-state index contributed by atoms with van der Waals surface area (Å²) >= 11 is 0. The fraction of sp³-hybridized carbons (Fsp3) is 0.429. The first-order valence-corrected chi connectivity index (χ1v) is 13.3. The third kappa shape index (κ3) is 8.96. The lowest BCUT2D eigenvalue weighted by Gasteiger charge is -2.26. The number of esters is 1. The average Bonchev–Trinajstić information content (AvgIpc) is 2.95. The molecule has 0 aromatic heterocycles. The molecule has 0 radical (unpaired) electrons. The Hall–Kier alpha value is -4.59. The molecule has 1 amide bonds. The summed E-state index contributed by atoms with van der Waals surface area (Å²) in [4.78, 5) is 40.0. The van der Waals surface area contributed by atoms with Gasteiger partial charge < -0.3 is 44.6 Å². The molecule has 13 nitrogen and oxygen atoms in total. The van der Waals surface area contributed by atoms with Gasteiger partial charge in [0.25, 0.3) is 0 Å². The van der Waals surface area contributed by atoms with E-state index in [9.17, 15) is 14.4 Å². The minimum atomic E-state index is -1.26. The molecule has 0 saturated carbocycles. The highest BCUT2D eigenvalue weighted by Gasteiger charge is 2.29. The molecular weight excluding hydrogens is 557 g/mol. The summed E-state index contributed by atoms with van der Waals surface area (Å²) in [7, 11) is 0. The van der Waals surface area contributed by atoms with Crippen molar-refractivity contribution in [2.75, 3.05) is 38.4 Å². The molecule has 14 heteroatoms. The highest BCUT2D eigenvalue weighted by atomic mass is 19.1. The monoisotopic (exact) mass is 591 g/mol.